The lowest BCUT2D eigenvalue weighted by molar-refractivity contribution is 0.0431. The van der Waals surface area contributed by atoms with Gasteiger partial charge in [-0.3, -0.25) is 0 Å². The number of benzene rings is 1. The third kappa shape index (κ3) is 3.03. The summed E-state index contributed by atoms with van der Waals surface area (Å²) in [5, 5.41) is 10.5. The highest BCUT2D eigenvalue weighted by Crippen LogP contribution is 2.29. The molecule has 3 nitrogen and oxygen atoms in total. The largest absolute Gasteiger partial charge is 0.497 e. The van der Waals surface area contributed by atoms with E-state index >= 15 is 0 Å². The van der Waals surface area contributed by atoms with Gasteiger partial charge in [-0.25, -0.2) is 0 Å². The number of likely N-dealkylation sites (N-methyl/N-ethyl adjacent to an activating group) is 1. The molecular formula is C15H23NO2. The molecule has 1 aliphatic heterocycles. The second-order valence-corrected chi connectivity index (χ2v) is 5.54. The fourth-order valence-corrected chi connectivity index (χ4v) is 2.74. The summed E-state index contributed by atoms with van der Waals surface area (Å²) in [6.45, 7) is 2.95. The molecule has 1 aromatic carbocycles. The molecular weight excluding hydrogens is 226 g/mol. The van der Waals surface area contributed by atoms with Crippen LogP contribution in [0.15, 0.2) is 24.3 Å². The minimum atomic E-state index is -0.520. The van der Waals surface area contributed by atoms with Gasteiger partial charge in [0.2, 0.25) is 0 Å². The van der Waals surface area contributed by atoms with E-state index in [0.717, 1.165) is 31.6 Å². The summed E-state index contributed by atoms with van der Waals surface area (Å²) < 4.78 is 5.14. The van der Waals surface area contributed by atoms with Gasteiger partial charge in [-0.1, -0.05) is 12.1 Å². The number of aliphatic hydroxyl groups is 1. The number of hydrogen-bond donors (Lipinski definition) is 1. The van der Waals surface area contributed by atoms with Gasteiger partial charge < -0.3 is 14.7 Å². The molecule has 1 heterocycles. The van der Waals surface area contributed by atoms with Gasteiger partial charge in [0.1, 0.15) is 5.75 Å². The first kappa shape index (κ1) is 13.4. The summed E-state index contributed by atoms with van der Waals surface area (Å²) in [6, 6.07) is 8.58. The molecule has 0 spiro atoms. The fourth-order valence-electron chi connectivity index (χ4n) is 2.74. The maximum Gasteiger partial charge on any atom is 0.118 e. The number of likely N-dealkylation sites (tertiary alicyclic amines) is 1. The summed E-state index contributed by atoms with van der Waals surface area (Å²) in [5.41, 5.74) is 0.736. The molecule has 1 saturated heterocycles. The first-order valence-electron chi connectivity index (χ1n) is 6.58. The maximum absolute atomic E-state index is 10.5. The monoisotopic (exact) mass is 249 g/mol. The Kier molecular flexibility index (Phi) is 3.93. The van der Waals surface area contributed by atoms with Crippen LogP contribution in [0.4, 0.5) is 0 Å². The number of hydrogen-bond acceptors (Lipinski definition) is 3. The highest BCUT2D eigenvalue weighted by atomic mass is 16.5. The Labute approximate surface area is 109 Å². The van der Waals surface area contributed by atoms with E-state index in [2.05, 4.69) is 31.0 Å². The third-order valence-corrected chi connectivity index (χ3v) is 4.01. The zero-order valence-corrected chi connectivity index (χ0v) is 11.5. The number of β-amino-alcohol motifs (C(OH)–C–C–N with tert-alkyl or cyclic N) is 1. The van der Waals surface area contributed by atoms with Crippen molar-refractivity contribution in [1.29, 1.82) is 0 Å². The smallest absolute Gasteiger partial charge is 0.118 e. The van der Waals surface area contributed by atoms with Crippen molar-refractivity contribution in [2.45, 2.75) is 37.8 Å². The summed E-state index contributed by atoms with van der Waals surface area (Å²) in [5.74, 6) is 0.881. The quantitative estimate of drug-likeness (QED) is 0.887. The highest BCUT2D eigenvalue weighted by Gasteiger charge is 2.38. The van der Waals surface area contributed by atoms with Crippen molar-refractivity contribution >= 4 is 0 Å². The van der Waals surface area contributed by atoms with Gasteiger partial charge in [-0.2, -0.15) is 0 Å². The first-order chi connectivity index (χ1) is 8.52. The van der Waals surface area contributed by atoms with Crippen molar-refractivity contribution in [3.05, 3.63) is 29.8 Å². The molecule has 1 fully saturated rings. The Bertz CT molecular complexity index is 378. The minimum absolute atomic E-state index is 0.478. The molecule has 1 aromatic rings. The van der Waals surface area contributed by atoms with Crippen molar-refractivity contribution in [2.24, 2.45) is 0 Å². The molecule has 3 heteroatoms. The van der Waals surface area contributed by atoms with Crippen LogP contribution in [0, 0.1) is 0 Å². The second-order valence-electron chi connectivity index (χ2n) is 5.54. The van der Waals surface area contributed by atoms with Gasteiger partial charge in [-0.15, -0.1) is 0 Å². The van der Waals surface area contributed by atoms with Gasteiger partial charge in [0, 0.05) is 12.6 Å². The average Bonchev–Trinajstić information content (AvgIpc) is 2.62. The molecule has 2 rings (SSSR count). The highest BCUT2D eigenvalue weighted by molar-refractivity contribution is 5.27. The van der Waals surface area contributed by atoms with Gasteiger partial charge in [-0.05, 0) is 50.9 Å². The van der Waals surface area contributed by atoms with E-state index in [4.69, 9.17) is 4.74 Å². The molecule has 0 aliphatic carbocycles. The zero-order chi connectivity index (χ0) is 13.2. The average molecular weight is 249 g/mol. The van der Waals surface area contributed by atoms with Crippen LogP contribution in [0.1, 0.15) is 25.3 Å². The zero-order valence-electron chi connectivity index (χ0n) is 11.5. The normalized spacial score (nSPS) is 28.6. The molecule has 1 aliphatic rings. The van der Waals surface area contributed by atoms with Crippen molar-refractivity contribution in [1.82, 2.24) is 4.90 Å². The Hall–Kier alpha value is -1.06. The van der Waals surface area contributed by atoms with Crippen molar-refractivity contribution < 1.29 is 9.84 Å². The predicted molar refractivity (Wildman–Crippen MR) is 73.0 cm³/mol. The number of nitrogens with zero attached hydrogens (tertiary/aromatic N) is 1. The van der Waals surface area contributed by atoms with Crippen molar-refractivity contribution in [3.63, 3.8) is 0 Å². The van der Waals surface area contributed by atoms with Crippen LogP contribution in [0.5, 0.6) is 5.75 Å². The van der Waals surface area contributed by atoms with E-state index in [1.807, 2.05) is 12.1 Å². The van der Waals surface area contributed by atoms with Crippen LogP contribution in [0.3, 0.4) is 0 Å². The number of ether oxygens (including phenoxy) is 1. The van der Waals surface area contributed by atoms with Crippen LogP contribution in [0.25, 0.3) is 0 Å². The van der Waals surface area contributed by atoms with Gasteiger partial charge in [0.15, 0.2) is 0 Å². The number of methoxy groups -OCH3 is 1. The van der Waals surface area contributed by atoms with Gasteiger partial charge >= 0.3 is 0 Å². The summed E-state index contributed by atoms with van der Waals surface area (Å²) in [7, 11) is 3.75. The summed E-state index contributed by atoms with van der Waals surface area (Å²) in [6.07, 6.45) is 2.62. The Balaban J connectivity index is 1.91. The van der Waals surface area contributed by atoms with Crippen molar-refractivity contribution in [2.75, 3.05) is 20.7 Å². The second kappa shape index (κ2) is 5.29. The summed E-state index contributed by atoms with van der Waals surface area (Å²) >= 11 is 0. The third-order valence-electron chi connectivity index (χ3n) is 4.01. The van der Waals surface area contributed by atoms with E-state index in [1.165, 1.54) is 5.56 Å². The minimum Gasteiger partial charge on any atom is -0.497 e. The van der Waals surface area contributed by atoms with Crippen LogP contribution in [-0.4, -0.2) is 42.4 Å². The molecule has 100 valence electrons. The number of aryl methyl sites for hydroxylation is 1. The standard InChI is InChI=1S/C15H23NO2/c1-12-10-15(17,11-16(12)2)9-8-13-4-6-14(18-3)7-5-13/h4-7,12,17H,8-11H2,1-3H3. The fraction of sp³-hybridized carbons (Fsp3) is 0.600. The number of rotatable bonds is 4. The molecule has 0 bridgehead atoms. The van der Waals surface area contributed by atoms with E-state index in [-0.39, 0.29) is 0 Å². The lowest BCUT2D eigenvalue weighted by Crippen LogP contribution is -2.32. The van der Waals surface area contributed by atoms with Gasteiger partial charge in [0.05, 0.1) is 12.7 Å². The van der Waals surface area contributed by atoms with E-state index in [9.17, 15) is 5.11 Å². The summed E-state index contributed by atoms with van der Waals surface area (Å²) in [4.78, 5) is 2.23. The van der Waals surface area contributed by atoms with Crippen LogP contribution < -0.4 is 4.74 Å². The molecule has 1 N–H and O–H groups in total. The Morgan fingerprint density at radius 3 is 2.56 bits per heavy atom. The predicted octanol–water partition coefficient (Wildman–Crippen LogP) is 2.08. The molecule has 2 atom stereocenters. The molecule has 0 saturated carbocycles. The maximum atomic E-state index is 10.5. The van der Waals surface area contributed by atoms with Gasteiger partial charge in [0.25, 0.3) is 0 Å². The lowest BCUT2D eigenvalue weighted by Gasteiger charge is -2.22. The Morgan fingerprint density at radius 1 is 1.39 bits per heavy atom. The van der Waals surface area contributed by atoms with E-state index < -0.39 is 5.60 Å². The van der Waals surface area contributed by atoms with Crippen LogP contribution in [0.2, 0.25) is 0 Å². The Morgan fingerprint density at radius 2 is 2.06 bits per heavy atom. The van der Waals surface area contributed by atoms with Crippen molar-refractivity contribution in [3.8, 4) is 5.75 Å². The SMILES string of the molecule is COc1ccc(CCC2(O)CC(C)N(C)C2)cc1. The topological polar surface area (TPSA) is 32.7 Å². The molecule has 2 unspecified atom stereocenters. The molecule has 0 aromatic heterocycles. The molecule has 18 heavy (non-hydrogen) atoms. The lowest BCUT2D eigenvalue weighted by atomic mass is 9.92. The van der Waals surface area contributed by atoms with E-state index in [0.29, 0.717) is 6.04 Å². The van der Waals surface area contributed by atoms with Crippen LogP contribution >= 0.6 is 0 Å². The van der Waals surface area contributed by atoms with E-state index in [1.54, 1.807) is 7.11 Å². The van der Waals surface area contributed by atoms with Crippen LogP contribution in [-0.2, 0) is 6.42 Å². The molecule has 0 amide bonds. The molecule has 0 radical (unpaired) electrons. The first-order valence-corrected chi connectivity index (χ1v) is 6.58.